The zero-order valence-corrected chi connectivity index (χ0v) is 33.2. The zero-order chi connectivity index (χ0) is 39.5. The third kappa shape index (κ3) is 5.79. The first-order valence-corrected chi connectivity index (χ1v) is 20.5. The largest absolute Gasteiger partial charge is 0.310 e. The van der Waals surface area contributed by atoms with Crippen LogP contribution in [0.15, 0.2) is 218 Å². The minimum atomic E-state index is -0.131. The molecule has 0 N–H and O–H groups in total. The molecule has 280 valence electrons. The predicted octanol–water partition coefficient (Wildman–Crippen LogP) is 15.6. The Balaban J connectivity index is 1.14. The quantitative estimate of drug-likeness (QED) is 0.157. The highest BCUT2D eigenvalue weighted by atomic mass is 15.1. The average molecular weight is 755 g/mol. The van der Waals surface area contributed by atoms with Gasteiger partial charge in [-0.3, -0.25) is 0 Å². The van der Waals surface area contributed by atoms with E-state index in [0.717, 1.165) is 22.7 Å². The van der Waals surface area contributed by atoms with Gasteiger partial charge < -0.3 is 9.47 Å². The van der Waals surface area contributed by atoms with Crippen molar-refractivity contribution in [2.75, 3.05) is 4.90 Å². The molecule has 0 spiro atoms. The Morgan fingerprint density at radius 3 is 1.66 bits per heavy atom. The SMILES string of the molecule is CC1(C)c2ccccc2-c2ccc(N(c3ccc(-c4ccccc4)cc3)c3cccc4c3c3ccc(-c5cccc(-c6ccccc6)c5)cc3n4-c3ccccc3)cc21. The van der Waals surface area contributed by atoms with Gasteiger partial charge in [-0.15, -0.1) is 0 Å². The molecular weight excluding hydrogens is 713 g/mol. The highest BCUT2D eigenvalue weighted by molar-refractivity contribution is 6.17. The van der Waals surface area contributed by atoms with Gasteiger partial charge in [-0.05, 0) is 116 Å². The van der Waals surface area contributed by atoms with E-state index in [9.17, 15) is 0 Å². The second-order valence-electron chi connectivity index (χ2n) is 16.2. The van der Waals surface area contributed by atoms with Gasteiger partial charge in [-0.2, -0.15) is 0 Å². The molecule has 1 aromatic heterocycles. The van der Waals surface area contributed by atoms with Crippen LogP contribution in [0.5, 0.6) is 0 Å². The van der Waals surface area contributed by atoms with Crippen LogP contribution in [0.25, 0.3) is 72.0 Å². The summed E-state index contributed by atoms with van der Waals surface area (Å²) in [6.07, 6.45) is 0. The minimum absolute atomic E-state index is 0.131. The summed E-state index contributed by atoms with van der Waals surface area (Å²) in [4.78, 5) is 2.47. The van der Waals surface area contributed by atoms with Crippen molar-refractivity contribution in [3.8, 4) is 50.2 Å². The monoisotopic (exact) mass is 754 g/mol. The first-order valence-electron chi connectivity index (χ1n) is 20.5. The summed E-state index contributed by atoms with van der Waals surface area (Å²) in [5.41, 5.74) is 19.3. The van der Waals surface area contributed by atoms with E-state index < -0.39 is 0 Å². The van der Waals surface area contributed by atoms with Crippen LogP contribution in [0.2, 0.25) is 0 Å². The summed E-state index contributed by atoms with van der Waals surface area (Å²) < 4.78 is 2.44. The molecular formula is C57H42N2. The van der Waals surface area contributed by atoms with E-state index in [1.54, 1.807) is 0 Å². The summed E-state index contributed by atoms with van der Waals surface area (Å²) in [5.74, 6) is 0. The molecule has 1 aliphatic rings. The number of fused-ring (bicyclic) bond motifs is 6. The number of hydrogen-bond donors (Lipinski definition) is 0. The zero-order valence-electron chi connectivity index (χ0n) is 33.2. The highest BCUT2D eigenvalue weighted by Gasteiger charge is 2.36. The Hall–Kier alpha value is -7.42. The molecule has 0 amide bonds. The van der Waals surface area contributed by atoms with Crippen LogP contribution in [0, 0.1) is 0 Å². The molecule has 59 heavy (non-hydrogen) atoms. The maximum Gasteiger partial charge on any atom is 0.0562 e. The van der Waals surface area contributed by atoms with E-state index >= 15 is 0 Å². The van der Waals surface area contributed by atoms with Gasteiger partial charge in [0.2, 0.25) is 0 Å². The molecule has 0 unspecified atom stereocenters. The third-order valence-electron chi connectivity index (χ3n) is 12.4. The molecule has 0 atom stereocenters. The van der Waals surface area contributed by atoms with Crippen LogP contribution in [0.1, 0.15) is 25.0 Å². The molecule has 1 aliphatic carbocycles. The van der Waals surface area contributed by atoms with Crippen LogP contribution in [-0.4, -0.2) is 4.57 Å². The molecule has 1 heterocycles. The second-order valence-corrected chi connectivity index (χ2v) is 16.2. The van der Waals surface area contributed by atoms with Crippen molar-refractivity contribution in [3.05, 3.63) is 230 Å². The number of anilines is 3. The van der Waals surface area contributed by atoms with Gasteiger partial charge in [-0.25, -0.2) is 0 Å². The summed E-state index contributed by atoms with van der Waals surface area (Å²) in [5, 5.41) is 2.42. The Bertz CT molecular complexity index is 3160. The Morgan fingerprint density at radius 2 is 0.915 bits per heavy atom. The number of para-hydroxylation sites is 1. The predicted molar refractivity (Wildman–Crippen MR) is 249 cm³/mol. The minimum Gasteiger partial charge on any atom is -0.310 e. The molecule has 0 bridgehead atoms. The summed E-state index contributed by atoms with van der Waals surface area (Å²) in [7, 11) is 0. The number of hydrogen-bond acceptors (Lipinski definition) is 1. The van der Waals surface area contributed by atoms with E-state index in [1.165, 1.54) is 77.4 Å². The van der Waals surface area contributed by atoms with Crippen molar-refractivity contribution in [1.29, 1.82) is 0 Å². The Labute approximate surface area is 345 Å². The fourth-order valence-corrected chi connectivity index (χ4v) is 9.47. The number of benzene rings is 9. The standard InChI is InChI=1S/C57H42N2/c1-57(2)51-25-13-12-24-48(51)49-35-33-47(38-52(49)57)58(46-31-28-41(29-32-46)39-16-6-3-7-17-39)53-26-15-27-54-56(53)50-34-30-44(37-55(50)59(54)45-22-10-5-11-23-45)43-21-14-20-42(36-43)40-18-8-4-9-19-40/h3-38H,1-2H3. The Kier molecular flexibility index (Phi) is 8.20. The Morgan fingerprint density at radius 1 is 0.373 bits per heavy atom. The van der Waals surface area contributed by atoms with Gasteiger partial charge in [0.15, 0.2) is 0 Å². The number of rotatable bonds is 7. The van der Waals surface area contributed by atoms with E-state index in [1.807, 2.05) is 0 Å². The van der Waals surface area contributed by atoms with E-state index in [-0.39, 0.29) is 5.41 Å². The molecule has 0 saturated carbocycles. The lowest BCUT2D eigenvalue weighted by molar-refractivity contribution is 0.660. The molecule has 11 rings (SSSR count). The van der Waals surface area contributed by atoms with Gasteiger partial charge in [0.1, 0.15) is 0 Å². The lowest BCUT2D eigenvalue weighted by atomic mass is 9.82. The van der Waals surface area contributed by atoms with Crippen LogP contribution >= 0.6 is 0 Å². The lowest BCUT2D eigenvalue weighted by Crippen LogP contribution is -2.16. The van der Waals surface area contributed by atoms with Gasteiger partial charge in [0.25, 0.3) is 0 Å². The number of nitrogens with zero attached hydrogens (tertiary/aromatic N) is 2. The van der Waals surface area contributed by atoms with Gasteiger partial charge in [0, 0.05) is 33.2 Å². The molecule has 0 aliphatic heterocycles. The maximum atomic E-state index is 2.47. The average Bonchev–Trinajstić information content (AvgIpc) is 3.76. The van der Waals surface area contributed by atoms with E-state index in [0.29, 0.717) is 0 Å². The van der Waals surface area contributed by atoms with E-state index in [4.69, 9.17) is 0 Å². The summed E-state index contributed by atoms with van der Waals surface area (Å²) >= 11 is 0. The highest BCUT2D eigenvalue weighted by Crippen LogP contribution is 2.52. The first kappa shape index (κ1) is 34.8. The van der Waals surface area contributed by atoms with Crippen molar-refractivity contribution < 1.29 is 0 Å². The van der Waals surface area contributed by atoms with Gasteiger partial charge in [0.05, 0.1) is 16.7 Å². The molecule has 9 aromatic carbocycles. The fraction of sp³-hybridized carbons (Fsp3) is 0.0526. The normalized spacial score (nSPS) is 12.7. The molecule has 0 saturated heterocycles. The third-order valence-corrected chi connectivity index (χ3v) is 12.4. The van der Waals surface area contributed by atoms with Crippen LogP contribution in [0.4, 0.5) is 17.1 Å². The van der Waals surface area contributed by atoms with Crippen molar-refractivity contribution >= 4 is 38.9 Å². The van der Waals surface area contributed by atoms with Gasteiger partial charge in [-0.1, -0.05) is 172 Å². The first-order chi connectivity index (χ1) is 29.0. The summed E-state index contributed by atoms with van der Waals surface area (Å²) in [6, 6.07) is 79.9. The second kappa shape index (κ2) is 13.9. The molecule has 10 aromatic rings. The van der Waals surface area contributed by atoms with Crippen LogP contribution < -0.4 is 4.90 Å². The molecule has 2 heteroatoms. The van der Waals surface area contributed by atoms with Crippen molar-refractivity contribution in [2.24, 2.45) is 0 Å². The van der Waals surface area contributed by atoms with Gasteiger partial charge >= 0.3 is 0 Å². The molecule has 0 fully saturated rings. The van der Waals surface area contributed by atoms with Crippen molar-refractivity contribution in [1.82, 2.24) is 4.57 Å². The van der Waals surface area contributed by atoms with Crippen LogP contribution in [0.3, 0.4) is 0 Å². The van der Waals surface area contributed by atoms with E-state index in [2.05, 4.69) is 242 Å². The lowest BCUT2D eigenvalue weighted by Gasteiger charge is -2.29. The van der Waals surface area contributed by atoms with Crippen molar-refractivity contribution in [3.63, 3.8) is 0 Å². The molecule has 0 radical (unpaired) electrons. The number of aromatic nitrogens is 1. The summed E-state index contributed by atoms with van der Waals surface area (Å²) in [6.45, 7) is 4.73. The van der Waals surface area contributed by atoms with Crippen LogP contribution in [-0.2, 0) is 5.41 Å². The van der Waals surface area contributed by atoms with Crippen molar-refractivity contribution in [2.45, 2.75) is 19.3 Å². The smallest absolute Gasteiger partial charge is 0.0562 e. The fourth-order valence-electron chi connectivity index (χ4n) is 9.47. The molecule has 2 nitrogen and oxygen atoms in total. The topological polar surface area (TPSA) is 8.17 Å². The maximum absolute atomic E-state index is 2.47.